The topological polar surface area (TPSA) is 38.4 Å². The first-order valence-corrected chi connectivity index (χ1v) is 3.60. The zero-order valence-electron chi connectivity index (χ0n) is 6.35. The van der Waals surface area contributed by atoms with E-state index in [9.17, 15) is 0 Å². The molecule has 2 nitrogen and oxygen atoms in total. The Bertz CT molecular complexity index is 86.9. The molecule has 0 unspecified atom stereocenters. The third-order valence-corrected chi connectivity index (χ3v) is 1.41. The van der Waals surface area contributed by atoms with Gasteiger partial charge >= 0.3 is 0 Å². The first kappa shape index (κ1) is 8.47. The standard InChI is InChI=1S/C7H16N2/c1-3-5-6-7(4-2)9-8/h3-6,8H2,1-2H3/b9-7-. The minimum absolute atomic E-state index is 0.997. The number of hydrazone groups is 1. The molecule has 0 atom stereocenters. The van der Waals surface area contributed by atoms with Crippen molar-refractivity contribution in [2.75, 3.05) is 0 Å². The molecule has 0 amide bonds. The number of hydrogen-bond donors (Lipinski definition) is 1. The first-order valence-electron chi connectivity index (χ1n) is 3.60. The van der Waals surface area contributed by atoms with Crippen LogP contribution >= 0.6 is 0 Å². The third kappa shape index (κ3) is 4.01. The van der Waals surface area contributed by atoms with Gasteiger partial charge in [0.25, 0.3) is 0 Å². The van der Waals surface area contributed by atoms with Gasteiger partial charge in [0.2, 0.25) is 0 Å². The van der Waals surface area contributed by atoms with Crippen LogP contribution in [-0.2, 0) is 0 Å². The summed E-state index contributed by atoms with van der Waals surface area (Å²) in [7, 11) is 0. The molecule has 0 fully saturated rings. The summed E-state index contributed by atoms with van der Waals surface area (Å²) in [6.45, 7) is 4.26. The van der Waals surface area contributed by atoms with E-state index in [0.717, 1.165) is 18.6 Å². The Balaban J connectivity index is 3.33. The molecule has 2 N–H and O–H groups in total. The number of hydrogen-bond acceptors (Lipinski definition) is 2. The highest BCUT2D eigenvalue weighted by atomic mass is 15.1. The fourth-order valence-electron chi connectivity index (χ4n) is 0.713. The summed E-state index contributed by atoms with van der Waals surface area (Å²) >= 11 is 0. The predicted molar refractivity (Wildman–Crippen MR) is 41.4 cm³/mol. The second-order valence-corrected chi connectivity index (χ2v) is 2.15. The fourth-order valence-corrected chi connectivity index (χ4v) is 0.713. The van der Waals surface area contributed by atoms with Crippen molar-refractivity contribution in [3.05, 3.63) is 0 Å². The van der Waals surface area contributed by atoms with Crippen LogP contribution in [0.1, 0.15) is 39.5 Å². The molecule has 0 spiro atoms. The molecule has 0 saturated carbocycles. The number of rotatable bonds is 4. The van der Waals surface area contributed by atoms with Gasteiger partial charge in [0.1, 0.15) is 0 Å². The number of nitrogens with zero attached hydrogens (tertiary/aromatic N) is 1. The Morgan fingerprint density at radius 1 is 1.44 bits per heavy atom. The average Bonchev–Trinajstić information content (AvgIpc) is 1.91. The highest BCUT2D eigenvalue weighted by molar-refractivity contribution is 5.83. The summed E-state index contributed by atoms with van der Waals surface area (Å²) in [4.78, 5) is 0. The second kappa shape index (κ2) is 5.60. The molecule has 0 aromatic heterocycles. The van der Waals surface area contributed by atoms with Crippen molar-refractivity contribution in [3.63, 3.8) is 0 Å². The van der Waals surface area contributed by atoms with Gasteiger partial charge in [-0.1, -0.05) is 20.3 Å². The van der Waals surface area contributed by atoms with Crippen LogP contribution in [0.4, 0.5) is 0 Å². The van der Waals surface area contributed by atoms with Gasteiger partial charge in [-0.3, -0.25) is 0 Å². The minimum atomic E-state index is 0.997. The Kier molecular flexibility index (Phi) is 5.27. The van der Waals surface area contributed by atoms with Crippen LogP contribution in [0.3, 0.4) is 0 Å². The molecule has 54 valence electrons. The number of nitrogens with two attached hydrogens (primary N) is 1. The van der Waals surface area contributed by atoms with Crippen molar-refractivity contribution >= 4 is 5.71 Å². The van der Waals surface area contributed by atoms with Crippen molar-refractivity contribution in [2.24, 2.45) is 10.9 Å². The van der Waals surface area contributed by atoms with Crippen molar-refractivity contribution in [1.29, 1.82) is 0 Å². The Labute approximate surface area is 57.1 Å². The lowest BCUT2D eigenvalue weighted by Gasteiger charge is -1.97. The fraction of sp³-hybridized carbons (Fsp3) is 0.857. The van der Waals surface area contributed by atoms with Crippen molar-refractivity contribution in [2.45, 2.75) is 39.5 Å². The van der Waals surface area contributed by atoms with E-state index in [4.69, 9.17) is 5.84 Å². The monoisotopic (exact) mass is 128 g/mol. The van der Waals surface area contributed by atoms with E-state index < -0.39 is 0 Å². The zero-order chi connectivity index (χ0) is 7.11. The van der Waals surface area contributed by atoms with E-state index in [2.05, 4.69) is 18.9 Å². The molecular formula is C7H16N2. The molecule has 0 aromatic carbocycles. The van der Waals surface area contributed by atoms with E-state index in [1.54, 1.807) is 0 Å². The van der Waals surface area contributed by atoms with Crippen LogP contribution in [-0.4, -0.2) is 5.71 Å². The quantitative estimate of drug-likeness (QED) is 0.350. The van der Waals surface area contributed by atoms with Gasteiger partial charge in [0.05, 0.1) is 0 Å². The lowest BCUT2D eigenvalue weighted by atomic mass is 10.1. The summed E-state index contributed by atoms with van der Waals surface area (Å²) < 4.78 is 0. The van der Waals surface area contributed by atoms with Crippen LogP contribution in [0.5, 0.6) is 0 Å². The lowest BCUT2D eigenvalue weighted by Crippen LogP contribution is -1.99. The summed E-state index contributed by atoms with van der Waals surface area (Å²) in [5, 5.41) is 3.66. The largest absolute Gasteiger partial charge is 0.323 e. The molecule has 0 radical (unpaired) electrons. The van der Waals surface area contributed by atoms with E-state index >= 15 is 0 Å². The molecule has 0 heterocycles. The van der Waals surface area contributed by atoms with Crippen molar-refractivity contribution in [3.8, 4) is 0 Å². The summed E-state index contributed by atoms with van der Waals surface area (Å²) in [6, 6.07) is 0. The minimum Gasteiger partial charge on any atom is -0.323 e. The van der Waals surface area contributed by atoms with E-state index in [0.29, 0.717) is 0 Å². The molecule has 0 aliphatic heterocycles. The van der Waals surface area contributed by atoms with Gasteiger partial charge in [0, 0.05) is 5.71 Å². The Hall–Kier alpha value is -0.530. The molecule has 9 heavy (non-hydrogen) atoms. The van der Waals surface area contributed by atoms with Crippen molar-refractivity contribution in [1.82, 2.24) is 0 Å². The third-order valence-electron chi connectivity index (χ3n) is 1.41. The van der Waals surface area contributed by atoms with Crippen LogP contribution in [0.15, 0.2) is 5.10 Å². The Morgan fingerprint density at radius 3 is 2.44 bits per heavy atom. The predicted octanol–water partition coefficient (Wildman–Crippen LogP) is 1.90. The van der Waals surface area contributed by atoms with Crippen LogP contribution < -0.4 is 5.84 Å². The molecule has 0 aromatic rings. The molecule has 0 rings (SSSR count). The maximum Gasteiger partial charge on any atom is 0.0373 e. The SMILES string of the molecule is CCCC/C(CC)=N\N. The maximum absolute atomic E-state index is 5.11. The smallest absolute Gasteiger partial charge is 0.0373 e. The zero-order valence-corrected chi connectivity index (χ0v) is 6.35. The first-order chi connectivity index (χ1) is 4.35. The molecule has 0 aliphatic carbocycles. The molecular weight excluding hydrogens is 112 g/mol. The average molecular weight is 128 g/mol. The van der Waals surface area contributed by atoms with Crippen LogP contribution in [0, 0.1) is 0 Å². The van der Waals surface area contributed by atoms with E-state index in [1.165, 1.54) is 12.8 Å². The maximum atomic E-state index is 5.11. The van der Waals surface area contributed by atoms with Gasteiger partial charge in [-0.15, -0.1) is 0 Å². The Morgan fingerprint density at radius 2 is 2.11 bits per heavy atom. The normalized spacial score (nSPS) is 12.0. The summed E-state index contributed by atoms with van der Waals surface area (Å²) in [6.07, 6.45) is 4.50. The van der Waals surface area contributed by atoms with E-state index in [1.807, 2.05) is 0 Å². The van der Waals surface area contributed by atoms with Gasteiger partial charge in [0.15, 0.2) is 0 Å². The van der Waals surface area contributed by atoms with Crippen molar-refractivity contribution < 1.29 is 0 Å². The van der Waals surface area contributed by atoms with Gasteiger partial charge < -0.3 is 5.84 Å². The molecule has 0 bridgehead atoms. The summed E-state index contributed by atoms with van der Waals surface area (Å²) in [5.74, 6) is 5.11. The highest BCUT2D eigenvalue weighted by Gasteiger charge is 1.92. The molecule has 2 heteroatoms. The van der Waals surface area contributed by atoms with Crippen LogP contribution in [0.2, 0.25) is 0 Å². The van der Waals surface area contributed by atoms with Gasteiger partial charge in [-0.25, -0.2) is 0 Å². The molecule has 0 aliphatic rings. The van der Waals surface area contributed by atoms with Gasteiger partial charge in [-0.2, -0.15) is 5.10 Å². The second-order valence-electron chi connectivity index (χ2n) is 2.15. The highest BCUT2D eigenvalue weighted by Crippen LogP contribution is 1.98. The number of unbranched alkanes of at least 4 members (excludes halogenated alkanes) is 1. The van der Waals surface area contributed by atoms with Gasteiger partial charge in [-0.05, 0) is 19.3 Å². The lowest BCUT2D eigenvalue weighted by molar-refractivity contribution is 0.822. The molecule has 0 saturated heterocycles. The summed E-state index contributed by atoms with van der Waals surface area (Å²) in [5.41, 5.74) is 1.14. The van der Waals surface area contributed by atoms with Crippen LogP contribution in [0.25, 0.3) is 0 Å². The van der Waals surface area contributed by atoms with E-state index in [-0.39, 0.29) is 0 Å².